The molecule has 0 saturated heterocycles. The number of ketones is 1. The first-order valence-electron chi connectivity index (χ1n) is 6.13. The van der Waals surface area contributed by atoms with Gasteiger partial charge < -0.3 is 0 Å². The first-order valence-corrected chi connectivity index (χ1v) is 6.13. The van der Waals surface area contributed by atoms with Gasteiger partial charge in [-0.05, 0) is 18.4 Å². The minimum absolute atomic E-state index is 0.0546. The number of carbonyl (C=O) groups is 1. The van der Waals surface area contributed by atoms with Gasteiger partial charge in [-0.1, -0.05) is 20.8 Å². The Morgan fingerprint density at radius 3 is 2.44 bits per heavy atom. The molecular weight excluding hydrogens is 230 g/mol. The largest absolute Gasteiger partial charge is 0.298 e. The van der Waals surface area contributed by atoms with Crippen LogP contribution in [0, 0.1) is 11.3 Å². The molecule has 1 aromatic rings. The highest BCUT2D eigenvalue weighted by Crippen LogP contribution is 2.10. The van der Waals surface area contributed by atoms with Crippen molar-refractivity contribution < 1.29 is 4.79 Å². The molecule has 0 amide bonds. The fourth-order valence-corrected chi connectivity index (χ4v) is 1.82. The molecule has 1 aromatic heterocycles. The van der Waals surface area contributed by atoms with Crippen molar-refractivity contribution in [3.8, 4) is 6.07 Å². The Hall–Kier alpha value is -1.96. The van der Waals surface area contributed by atoms with Crippen LogP contribution in [0.3, 0.4) is 0 Å². The number of hydrogen-bond donors (Lipinski definition) is 0. The van der Waals surface area contributed by atoms with Gasteiger partial charge in [-0.3, -0.25) is 9.59 Å². The summed E-state index contributed by atoms with van der Waals surface area (Å²) in [4.78, 5) is 23.4. The van der Waals surface area contributed by atoms with Crippen molar-refractivity contribution in [3.05, 3.63) is 27.2 Å². The summed E-state index contributed by atoms with van der Waals surface area (Å²) in [6.45, 7) is 5.48. The molecule has 0 spiro atoms. The van der Waals surface area contributed by atoms with Crippen molar-refractivity contribution in [1.82, 2.24) is 9.78 Å². The van der Waals surface area contributed by atoms with E-state index in [1.165, 1.54) is 0 Å². The minimum atomic E-state index is -0.464. The Kier molecular flexibility index (Phi) is 4.78. The first kappa shape index (κ1) is 14.1. The smallest absolute Gasteiger partial charge is 0.285 e. The van der Waals surface area contributed by atoms with E-state index in [-0.39, 0.29) is 17.9 Å². The number of aryl methyl sites for hydroxylation is 1. The summed E-state index contributed by atoms with van der Waals surface area (Å²) in [5.41, 5.74) is 1.07. The highest BCUT2D eigenvalue weighted by Gasteiger charge is 2.15. The van der Waals surface area contributed by atoms with E-state index < -0.39 is 5.56 Å². The van der Waals surface area contributed by atoms with Gasteiger partial charge in [0.25, 0.3) is 5.56 Å². The van der Waals surface area contributed by atoms with Crippen LogP contribution in [-0.4, -0.2) is 15.6 Å². The van der Waals surface area contributed by atoms with Gasteiger partial charge in [0.15, 0.2) is 5.78 Å². The zero-order valence-electron chi connectivity index (χ0n) is 11.0. The van der Waals surface area contributed by atoms with Crippen molar-refractivity contribution in [2.24, 2.45) is 0 Å². The van der Waals surface area contributed by atoms with E-state index in [9.17, 15) is 9.59 Å². The molecule has 96 valence electrons. The lowest BCUT2D eigenvalue weighted by molar-refractivity contribution is -0.119. The second-order valence-electron chi connectivity index (χ2n) is 3.97. The fraction of sp³-hybridized carbons (Fsp3) is 0.538. The molecular formula is C13H17N3O2. The van der Waals surface area contributed by atoms with Gasteiger partial charge in [0.05, 0.1) is 5.69 Å². The third kappa shape index (κ3) is 2.65. The van der Waals surface area contributed by atoms with E-state index in [1.807, 2.05) is 19.9 Å². The molecule has 18 heavy (non-hydrogen) atoms. The molecule has 5 nitrogen and oxygen atoms in total. The number of Topliss-reactive ketones (excluding diaryl/α,β-unsaturated/α-hetero) is 1. The molecule has 0 aliphatic rings. The lowest BCUT2D eigenvalue weighted by atomic mass is 10.0. The molecule has 1 rings (SSSR count). The normalized spacial score (nSPS) is 10.1. The van der Waals surface area contributed by atoms with Crippen molar-refractivity contribution >= 4 is 5.78 Å². The molecule has 0 saturated carbocycles. The van der Waals surface area contributed by atoms with Gasteiger partial charge in [-0.25, -0.2) is 4.68 Å². The quantitative estimate of drug-likeness (QED) is 0.784. The zero-order chi connectivity index (χ0) is 13.7. The van der Waals surface area contributed by atoms with Crippen LogP contribution in [0.2, 0.25) is 0 Å². The van der Waals surface area contributed by atoms with E-state index >= 15 is 0 Å². The average Bonchev–Trinajstić information content (AvgIpc) is 2.39. The lowest BCUT2D eigenvalue weighted by Gasteiger charge is -2.10. The third-order valence-corrected chi connectivity index (χ3v) is 2.86. The summed E-state index contributed by atoms with van der Waals surface area (Å²) >= 11 is 0. The van der Waals surface area contributed by atoms with Gasteiger partial charge in [-0.2, -0.15) is 10.4 Å². The molecule has 0 aliphatic heterocycles. The molecule has 0 aliphatic carbocycles. The zero-order valence-corrected chi connectivity index (χ0v) is 11.0. The average molecular weight is 247 g/mol. The maximum atomic E-state index is 12.0. The monoisotopic (exact) mass is 247 g/mol. The number of nitrogens with zero attached hydrogens (tertiary/aromatic N) is 3. The number of carbonyl (C=O) groups excluding carboxylic acids is 1. The van der Waals surface area contributed by atoms with E-state index in [1.54, 1.807) is 6.92 Å². The van der Waals surface area contributed by atoms with Crippen molar-refractivity contribution in [3.63, 3.8) is 0 Å². The third-order valence-electron chi connectivity index (χ3n) is 2.86. The maximum Gasteiger partial charge on any atom is 0.285 e. The van der Waals surface area contributed by atoms with Crippen molar-refractivity contribution in [2.45, 2.75) is 46.6 Å². The molecule has 0 aromatic carbocycles. The van der Waals surface area contributed by atoms with Crippen LogP contribution in [-0.2, 0) is 24.2 Å². The molecule has 5 heteroatoms. The molecule has 0 N–H and O–H groups in total. The highest BCUT2D eigenvalue weighted by atomic mass is 16.1. The Morgan fingerprint density at radius 1 is 1.33 bits per heavy atom. The van der Waals surface area contributed by atoms with Crippen LogP contribution in [0.4, 0.5) is 0 Å². The van der Waals surface area contributed by atoms with Gasteiger partial charge in [-0.15, -0.1) is 0 Å². The predicted octanol–water partition coefficient (Wildman–Crippen LogP) is 1.22. The van der Waals surface area contributed by atoms with Gasteiger partial charge in [0.1, 0.15) is 18.2 Å². The molecule has 1 heterocycles. The van der Waals surface area contributed by atoms with Crippen molar-refractivity contribution in [1.29, 1.82) is 5.26 Å². The van der Waals surface area contributed by atoms with Crippen molar-refractivity contribution in [2.75, 3.05) is 0 Å². The Morgan fingerprint density at radius 2 is 2.00 bits per heavy atom. The topological polar surface area (TPSA) is 75.8 Å². The van der Waals surface area contributed by atoms with E-state index in [0.717, 1.165) is 10.4 Å². The molecule has 0 fully saturated rings. The van der Waals surface area contributed by atoms with Crippen LogP contribution >= 0.6 is 0 Å². The van der Waals surface area contributed by atoms with Crippen LogP contribution in [0.1, 0.15) is 44.0 Å². The summed E-state index contributed by atoms with van der Waals surface area (Å²) in [5.74, 6) is -0.0696. The molecule has 0 atom stereocenters. The highest BCUT2D eigenvalue weighted by molar-refractivity contribution is 5.77. The Labute approximate surface area is 106 Å². The Bertz CT molecular complexity index is 553. The summed E-state index contributed by atoms with van der Waals surface area (Å²) in [7, 11) is 0. The van der Waals surface area contributed by atoms with Crippen LogP contribution in [0.25, 0.3) is 0 Å². The first-order chi connectivity index (χ1) is 8.58. The van der Waals surface area contributed by atoms with E-state index in [4.69, 9.17) is 5.26 Å². The van der Waals surface area contributed by atoms with E-state index in [2.05, 4.69) is 5.10 Å². The molecule has 0 unspecified atom stereocenters. The number of nitriles is 1. The van der Waals surface area contributed by atoms with Crippen LogP contribution in [0.5, 0.6) is 0 Å². The fourth-order valence-electron chi connectivity index (χ4n) is 1.82. The summed E-state index contributed by atoms with van der Waals surface area (Å²) < 4.78 is 1.11. The van der Waals surface area contributed by atoms with Crippen LogP contribution < -0.4 is 5.56 Å². The standard InChI is InChI=1S/C13H17N3O2/c1-4-9(17)8-16-13(18)11(7-14)10(5-2)12(6-3)15-16/h4-6,8H2,1-3H3. The minimum Gasteiger partial charge on any atom is -0.298 e. The summed E-state index contributed by atoms with van der Waals surface area (Å²) in [6.07, 6.45) is 1.59. The number of hydrogen-bond acceptors (Lipinski definition) is 4. The van der Waals surface area contributed by atoms with E-state index in [0.29, 0.717) is 24.8 Å². The number of rotatable bonds is 5. The van der Waals surface area contributed by atoms with Gasteiger partial charge in [0.2, 0.25) is 0 Å². The molecule has 0 bridgehead atoms. The second kappa shape index (κ2) is 6.10. The molecule has 0 radical (unpaired) electrons. The predicted molar refractivity (Wildman–Crippen MR) is 67.3 cm³/mol. The number of aromatic nitrogens is 2. The van der Waals surface area contributed by atoms with Gasteiger partial charge in [0, 0.05) is 6.42 Å². The Balaban J connectivity index is 3.43. The SMILES string of the molecule is CCC(=O)Cn1nc(CC)c(CC)c(C#N)c1=O. The van der Waals surface area contributed by atoms with Gasteiger partial charge >= 0.3 is 0 Å². The summed E-state index contributed by atoms with van der Waals surface area (Å²) in [5, 5.41) is 13.3. The lowest BCUT2D eigenvalue weighted by Crippen LogP contribution is -2.31. The van der Waals surface area contributed by atoms with Crippen LogP contribution in [0.15, 0.2) is 4.79 Å². The second-order valence-corrected chi connectivity index (χ2v) is 3.97. The maximum absolute atomic E-state index is 12.0. The summed E-state index contributed by atoms with van der Waals surface area (Å²) in [6, 6.07) is 1.94.